The number of nitrogens with two attached hydrogens (primary N) is 1. The van der Waals surface area contributed by atoms with E-state index in [1.165, 1.54) is 0 Å². The molecular weight excluding hydrogens is 188 g/mol. The molecule has 0 amide bonds. The van der Waals surface area contributed by atoms with Gasteiger partial charge in [0, 0.05) is 6.20 Å². The molecule has 0 spiro atoms. The minimum atomic E-state index is -0.0985. The fraction of sp³-hybridized carbons (Fsp3) is 0.583. The summed E-state index contributed by atoms with van der Waals surface area (Å²) in [4.78, 5) is 4.31. The molecule has 1 unspecified atom stereocenters. The van der Waals surface area contributed by atoms with Crippen LogP contribution in [0, 0.1) is 5.41 Å². The molecule has 0 saturated heterocycles. The summed E-state index contributed by atoms with van der Waals surface area (Å²) in [6, 6.07) is 3.65. The van der Waals surface area contributed by atoms with E-state index >= 15 is 0 Å². The highest BCUT2D eigenvalue weighted by Crippen LogP contribution is 2.36. The summed E-state index contributed by atoms with van der Waals surface area (Å²) >= 11 is 0. The molecule has 0 saturated carbocycles. The molecule has 0 aliphatic rings. The molecule has 0 aromatic carbocycles. The summed E-state index contributed by atoms with van der Waals surface area (Å²) in [7, 11) is 1.65. The van der Waals surface area contributed by atoms with Crippen LogP contribution in [0.15, 0.2) is 18.3 Å². The van der Waals surface area contributed by atoms with Crippen molar-refractivity contribution >= 4 is 0 Å². The van der Waals surface area contributed by atoms with Crippen LogP contribution in [-0.2, 0) is 0 Å². The molecule has 0 radical (unpaired) electrons. The van der Waals surface area contributed by atoms with Crippen LogP contribution in [0.25, 0.3) is 0 Å². The average molecular weight is 208 g/mol. The standard InChI is InChI=1S/C12H20N2O/c1-5-12(2,3)11(13)10-9(15-4)7-6-8-14-10/h6-8,11H,5,13H2,1-4H3. The van der Waals surface area contributed by atoms with E-state index in [0.717, 1.165) is 17.9 Å². The minimum Gasteiger partial charge on any atom is -0.495 e. The van der Waals surface area contributed by atoms with Gasteiger partial charge < -0.3 is 10.5 Å². The maximum Gasteiger partial charge on any atom is 0.141 e. The molecule has 2 N–H and O–H groups in total. The molecular formula is C12H20N2O. The Labute approximate surface area is 91.7 Å². The Balaban J connectivity index is 3.05. The predicted molar refractivity (Wildman–Crippen MR) is 61.8 cm³/mol. The minimum absolute atomic E-state index is 0.0294. The van der Waals surface area contributed by atoms with Gasteiger partial charge in [-0.15, -0.1) is 0 Å². The van der Waals surface area contributed by atoms with Crippen molar-refractivity contribution in [1.82, 2.24) is 4.98 Å². The van der Waals surface area contributed by atoms with Crippen molar-refractivity contribution in [2.75, 3.05) is 7.11 Å². The summed E-state index contributed by atoms with van der Waals surface area (Å²) < 4.78 is 5.26. The zero-order valence-electron chi connectivity index (χ0n) is 9.95. The third kappa shape index (κ3) is 2.48. The van der Waals surface area contributed by atoms with E-state index in [9.17, 15) is 0 Å². The quantitative estimate of drug-likeness (QED) is 0.827. The first-order chi connectivity index (χ1) is 7.03. The van der Waals surface area contributed by atoms with Gasteiger partial charge in [0.25, 0.3) is 0 Å². The van der Waals surface area contributed by atoms with Crippen molar-refractivity contribution in [2.45, 2.75) is 33.2 Å². The highest BCUT2D eigenvalue weighted by molar-refractivity contribution is 5.30. The molecule has 0 fully saturated rings. The Bertz CT molecular complexity index is 323. The maximum atomic E-state index is 6.22. The number of aromatic nitrogens is 1. The molecule has 1 heterocycles. The van der Waals surface area contributed by atoms with Gasteiger partial charge in [-0.05, 0) is 24.0 Å². The second kappa shape index (κ2) is 4.62. The summed E-state index contributed by atoms with van der Waals surface area (Å²) in [6.07, 6.45) is 2.76. The molecule has 1 rings (SSSR count). The number of ether oxygens (including phenoxy) is 1. The lowest BCUT2D eigenvalue weighted by Crippen LogP contribution is -2.29. The first kappa shape index (κ1) is 12.0. The maximum absolute atomic E-state index is 6.22. The van der Waals surface area contributed by atoms with Gasteiger partial charge in [0.05, 0.1) is 18.8 Å². The lowest BCUT2D eigenvalue weighted by Gasteiger charge is -2.30. The van der Waals surface area contributed by atoms with E-state index < -0.39 is 0 Å². The van der Waals surface area contributed by atoms with Crippen LogP contribution in [0.2, 0.25) is 0 Å². The van der Waals surface area contributed by atoms with E-state index in [0.29, 0.717) is 0 Å². The molecule has 0 aliphatic heterocycles. The van der Waals surface area contributed by atoms with E-state index in [4.69, 9.17) is 10.5 Å². The van der Waals surface area contributed by atoms with Gasteiger partial charge in [-0.25, -0.2) is 0 Å². The van der Waals surface area contributed by atoms with Crippen LogP contribution in [-0.4, -0.2) is 12.1 Å². The Morgan fingerprint density at radius 1 is 1.53 bits per heavy atom. The zero-order valence-corrected chi connectivity index (χ0v) is 9.95. The fourth-order valence-electron chi connectivity index (χ4n) is 1.40. The van der Waals surface area contributed by atoms with Crippen LogP contribution in [0.1, 0.15) is 38.9 Å². The Kier molecular flexibility index (Phi) is 3.69. The zero-order chi connectivity index (χ0) is 11.5. The molecule has 0 bridgehead atoms. The van der Waals surface area contributed by atoms with Crippen molar-refractivity contribution in [3.8, 4) is 5.75 Å². The number of nitrogens with zero attached hydrogens (tertiary/aromatic N) is 1. The molecule has 0 aliphatic carbocycles. The van der Waals surface area contributed by atoms with Crippen LogP contribution in [0.5, 0.6) is 5.75 Å². The van der Waals surface area contributed by atoms with Gasteiger partial charge >= 0.3 is 0 Å². The smallest absolute Gasteiger partial charge is 0.141 e. The highest BCUT2D eigenvalue weighted by atomic mass is 16.5. The van der Waals surface area contributed by atoms with Gasteiger partial charge in [-0.3, -0.25) is 4.98 Å². The van der Waals surface area contributed by atoms with Gasteiger partial charge in [0.1, 0.15) is 5.75 Å². The first-order valence-electron chi connectivity index (χ1n) is 5.27. The second-order valence-corrected chi connectivity index (χ2v) is 4.41. The number of hydrogen-bond acceptors (Lipinski definition) is 3. The van der Waals surface area contributed by atoms with Crippen LogP contribution < -0.4 is 10.5 Å². The molecule has 84 valence electrons. The van der Waals surface area contributed by atoms with Gasteiger partial charge in [0.15, 0.2) is 0 Å². The monoisotopic (exact) mass is 208 g/mol. The molecule has 1 atom stereocenters. The lowest BCUT2D eigenvalue weighted by molar-refractivity contribution is 0.266. The van der Waals surface area contributed by atoms with Crippen molar-refractivity contribution in [1.29, 1.82) is 0 Å². The lowest BCUT2D eigenvalue weighted by atomic mass is 9.80. The summed E-state index contributed by atoms with van der Waals surface area (Å²) in [5.41, 5.74) is 7.09. The van der Waals surface area contributed by atoms with Crippen LogP contribution >= 0.6 is 0 Å². The van der Waals surface area contributed by atoms with E-state index in [2.05, 4.69) is 25.8 Å². The predicted octanol–water partition coefficient (Wildman–Crippen LogP) is 2.53. The third-order valence-electron chi connectivity index (χ3n) is 3.07. The van der Waals surface area contributed by atoms with Crippen LogP contribution in [0.4, 0.5) is 0 Å². The normalized spacial score (nSPS) is 13.7. The van der Waals surface area contributed by atoms with Crippen molar-refractivity contribution in [3.63, 3.8) is 0 Å². The first-order valence-corrected chi connectivity index (χ1v) is 5.27. The molecule has 3 heteroatoms. The second-order valence-electron chi connectivity index (χ2n) is 4.41. The number of pyridine rings is 1. The summed E-state index contributed by atoms with van der Waals surface area (Å²) in [5, 5.41) is 0. The Morgan fingerprint density at radius 2 is 2.20 bits per heavy atom. The van der Waals surface area contributed by atoms with Gasteiger partial charge in [-0.2, -0.15) is 0 Å². The third-order valence-corrected chi connectivity index (χ3v) is 3.07. The van der Waals surface area contributed by atoms with E-state index in [1.54, 1.807) is 13.3 Å². The molecule has 15 heavy (non-hydrogen) atoms. The number of rotatable bonds is 4. The Morgan fingerprint density at radius 3 is 2.73 bits per heavy atom. The van der Waals surface area contributed by atoms with Crippen molar-refractivity contribution in [2.24, 2.45) is 11.1 Å². The van der Waals surface area contributed by atoms with E-state index in [-0.39, 0.29) is 11.5 Å². The average Bonchev–Trinajstić information content (AvgIpc) is 2.28. The topological polar surface area (TPSA) is 48.1 Å². The Hall–Kier alpha value is -1.09. The molecule has 1 aromatic heterocycles. The fourth-order valence-corrected chi connectivity index (χ4v) is 1.40. The molecule has 1 aromatic rings. The van der Waals surface area contributed by atoms with Crippen molar-refractivity contribution < 1.29 is 4.74 Å². The van der Waals surface area contributed by atoms with Gasteiger partial charge in [0.2, 0.25) is 0 Å². The summed E-state index contributed by atoms with van der Waals surface area (Å²) in [5.74, 6) is 0.770. The largest absolute Gasteiger partial charge is 0.495 e. The summed E-state index contributed by atoms with van der Waals surface area (Å²) in [6.45, 7) is 6.42. The number of methoxy groups -OCH3 is 1. The van der Waals surface area contributed by atoms with E-state index in [1.807, 2.05) is 12.1 Å². The number of hydrogen-bond donors (Lipinski definition) is 1. The van der Waals surface area contributed by atoms with Crippen LogP contribution in [0.3, 0.4) is 0 Å². The SMILES string of the molecule is CCC(C)(C)C(N)c1ncccc1OC. The van der Waals surface area contributed by atoms with Gasteiger partial charge in [-0.1, -0.05) is 20.8 Å². The highest BCUT2D eigenvalue weighted by Gasteiger charge is 2.28. The molecule has 3 nitrogen and oxygen atoms in total. The van der Waals surface area contributed by atoms with Crippen molar-refractivity contribution in [3.05, 3.63) is 24.0 Å².